The van der Waals surface area contributed by atoms with E-state index in [-0.39, 0.29) is 24.8 Å². The topological polar surface area (TPSA) is 46.6 Å². The molecule has 126 valence electrons. The number of rotatable bonds is 6. The van der Waals surface area contributed by atoms with Crippen molar-refractivity contribution < 1.29 is 14.3 Å². The van der Waals surface area contributed by atoms with Crippen LogP contribution >= 0.6 is 11.6 Å². The van der Waals surface area contributed by atoms with Crippen LogP contribution in [0.1, 0.15) is 23.5 Å². The predicted octanol–water partition coefficient (Wildman–Crippen LogP) is 3.49. The molecule has 0 bridgehead atoms. The van der Waals surface area contributed by atoms with Gasteiger partial charge in [0.05, 0.1) is 7.11 Å². The van der Waals surface area contributed by atoms with Gasteiger partial charge >= 0.3 is 5.97 Å². The van der Waals surface area contributed by atoms with Crippen molar-refractivity contribution in [1.29, 1.82) is 0 Å². The van der Waals surface area contributed by atoms with Gasteiger partial charge in [0.1, 0.15) is 6.54 Å². The van der Waals surface area contributed by atoms with Gasteiger partial charge in [0.15, 0.2) is 0 Å². The summed E-state index contributed by atoms with van der Waals surface area (Å²) in [6.07, 6.45) is 0.223. The fourth-order valence-corrected chi connectivity index (χ4v) is 2.79. The molecule has 0 N–H and O–H groups in total. The van der Waals surface area contributed by atoms with E-state index in [1.54, 1.807) is 7.05 Å². The van der Waals surface area contributed by atoms with Gasteiger partial charge in [0.25, 0.3) is 0 Å². The Hall–Kier alpha value is -2.33. The van der Waals surface area contributed by atoms with Gasteiger partial charge in [-0.25, -0.2) is 0 Å². The van der Waals surface area contributed by atoms with E-state index >= 15 is 0 Å². The average Bonchev–Trinajstić information content (AvgIpc) is 2.60. The molecule has 0 fully saturated rings. The number of esters is 1. The van der Waals surface area contributed by atoms with Crippen molar-refractivity contribution in [2.24, 2.45) is 0 Å². The quantitative estimate of drug-likeness (QED) is 0.753. The molecule has 0 aliphatic rings. The molecule has 24 heavy (non-hydrogen) atoms. The lowest BCUT2D eigenvalue weighted by atomic mass is 9.88. The highest BCUT2D eigenvalue weighted by Gasteiger charge is 2.23. The third kappa shape index (κ3) is 4.59. The molecule has 0 radical (unpaired) electrons. The molecule has 0 unspecified atom stereocenters. The molecule has 0 saturated carbocycles. The molecule has 4 nitrogen and oxygen atoms in total. The van der Waals surface area contributed by atoms with E-state index in [0.29, 0.717) is 5.02 Å². The molecule has 2 aromatic carbocycles. The highest BCUT2D eigenvalue weighted by atomic mass is 35.5. The number of nitrogens with zero attached hydrogens (tertiary/aromatic N) is 1. The van der Waals surface area contributed by atoms with Crippen molar-refractivity contribution in [1.82, 2.24) is 4.90 Å². The van der Waals surface area contributed by atoms with Gasteiger partial charge in [-0.2, -0.15) is 0 Å². The normalized spacial score (nSPS) is 11.6. The summed E-state index contributed by atoms with van der Waals surface area (Å²) in [6, 6.07) is 17.2. The van der Waals surface area contributed by atoms with Crippen LogP contribution in [0.5, 0.6) is 0 Å². The largest absolute Gasteiger partial charge is 0.468 e. The number of hydrogen-bond donors (Lipinski definition) is 0. The molecule has 0 saturated heterocycles. The number of benzene rings is 2. The lowest BCUT2D eigenvalue weighted by molar-refractivity contribution is -0.146. The van der Waals surface area contributed by atoms with Gasteiger partial charge in [-0.3, -0.25) is 9.59 Å². The van der Waals surface area contributed by atoms with Crippen LogP contribution in [-0.2, 0) is 14.3 Å². The van der Waals surface area contributed by atoms with E-state index < -0.39 is 5.97 Å². The van der Waals surface area contributed by atoms with Gasteiger partial charge in [-0.15, -0.1) is 0 Å². The number of methoxy groups -OCH3 is 1. The standard InChI is InChI=1S/C19H20ClNO3/c1-21(13-19(23)24-2)18(22)12-16(14-8-4-3-5-9-14)15-10-6-7-11-17(15)20/h3-11,16H,12-13H2,1-2H3/t16-/m0/s1. The lowest BCUT2D eigenvalue weighted by Gasteiger charge is -2.22. The maximum absolute atomic E-state index is 12.5. The number of carbonyl (C=O) groups excluding carboxylic acids is 2. The van der Waals surface area contributed by atoms with Gasteiger partial charge in [0.2, 0.25) is 5.91 Å². The zero-order valence-corrected chi connectivity index (χ0v) is 14.5. The fourth-order valence-electron chi connectivity index (χ4n) is 2.53. The molecular weight excluding hydrogens is 326 g/mol. The summed E-state index contributed by atoms with van der Waals surface area (Å²) >= 11 is 6.34. The zero-order valence-electron chi connectivity index (χ0n) is 13.7. The highest BCUT2D eigenvalue weighted by Crippen LogP contribution is 2.33. The van der Waals surface area contributed by atoms with Crippen LogP contribution in [-0.4, -0.2) is 37.5 Å². The van der Waals surface area contributed by atoms with E-state index in [1.807, 2.05) is 54.6 Å². The van der Waals surface area contributed by atoms with Crippen molar-refractivity contribution in [3.05, 3.63) is 70.7 Å². The Balaban J connectivity index is 2.26. The number of carbonyl (C=O) groups is 2. The summed E-state index contributed by atoms with van der Waals surface area (Å²) in [5.74, 6) is -0.762. The molecule has 2 rings (SSSR count). The Labute approximate surface area is 147 Å². The van der Waals surface area contributed by atoms with Crippen LogP contribution in [0, 0.1) is 0 Å². The van der Waals surface area contributed by atoms with E-state index in [0.717, 1.165) is 11.1 Å². The number of halogens is 1. The Morgan fingerprint density at radius 2 is 1.71 bits per heavy atom. The zero-order chi connectivity index (χ0) is 17.5. The number of ether oxygens (including phenoxy) is 1. The van der Waals surface area contributed by atoms with Gasteiger partial charge in [-0.05, 0) is 17.2 Å². The highest BCUT2D eigenvalue weighted by molar-refractivity contribution is 6.31. The molecule has 5 heteroatoms. The third-order valence-electron chi connectivity index (χ3n) is 3.88. The van der Waals surface area contributed by atoms with E-state index in [9.17, 15) is 9.59 Å². The molecular formula is C19H20ClNO3. The lowest BCUT2D eigenvalue weighted by Crippen LogP contribution is -2.33. The maximum atomic E-state index is 12.5. The van der Waals surface area contributed by atoms with Crippen LogP contribution in [0.3, 0.4) is 0 Å². The Kier molecular flexibility index (Phi) is 6.38. The second-order valence-electron chi connectivity index (χ2n) is 5.51. The summed E-state index contributed by atoms with van der Waals surface area (Å²) in [4.78, 5) is 25.3. The summed E-state index contributed by atoms with van der Waals surface area (Å²) in [5, 5.41) is 0.620. The fraction of sp³-hybridized carbons (Fsp3) is 0.263. The minimum Gasteiger partial charge on any atom is -0.468 e. The van der Waals surface area contributed by atoms with Crippen molar-refractivity contribution in [3.63, 3.8) is 0 Å². The molecule has 1 amide bonds. The van der Waals surface area contributed by atoms with Crippen LogP contribution < -0.4 is 0 Å². The Bertz CT molecular complexity index is 703. The van der Waals surface area contributed by atoms with E-state index in [1.165, 1.54) is 12.0 Å². The average molecular weight is 346 g/mol. The second-order valence-corrected chi connectivity index (χ2v) is 5.92. The summed E-state index contributed by atoms with van der Waals surface area (Å²) in [5.41, 5.74) is 1.90. The SMILES string of the molecule is COC(=O)CN(C)C(=O)C[C@@H](c1ccccc1)c1ccccc1Cl. The molecule has 0 heterocycles. The number of amides is 1. The number of likely N-dealkylation sites (N-methyl/N-ethyl adjacent to an activating group) is 1. The van der Waals surface area contributed by atoms with Crippen LogP contribution in [0.15, 0.2) is 54.6 Å². The summed E-state index contributed by atoms with van der Waals surface area (Å²) in [6.45, 7) is -0.0701. The molecule has 1 atom stereocenters. The van der Waals surface area contributed by atoms with Crippen LogP contribution in [0.25, 0.3) is 0 Å². The van der Waals surface area contributed by atoms with Crippen molar-refractivity contribution >= 4 is 23.5 Å². The van der Waals surface area contributed by atoms with Crippen molar-refractivity contribution in [2.75, 3.05) is 20.7 Å². The van der Waals surface area contributed by atoms with Gasteiger partial charge in [0, 0.05) is 24.4 Å². The Morgan fingerprint density at radius 3 is 2.33 bits per heavy atom. The van der Waals surface area contributed by atoms with Gasteiger partial charge in [-0.1, -0.05) is 60.1 Å². The van der Waals surface area contributed by atoms with Crippen molar-refractivity contribution in [3.8, 4) is 0 Å². The monoisotopic (exact) mass is 345 g/mol. The smallest absolute Gasteiger partial charge is 0.325 e. The molecule has 2 aromatic rings. The minimum absolute atomic E-state index is 0.0701. The summed E-state index contributed by atoms with van der Waals surface area (Å²) in [7, 11) is 2.89. The van der Waals surface area contributed by atoms with E-state index in [4.69, 9.17) is 11.6 Å². The second kappa shape index (κ2) is 8.50. The third-order valence-corrected chi connectivity index (χ3v) is 4.23. The Morgan fingerprint density at radius 1 is 1.08 bits per heavy atom. The van der Waals surface area contributed by atoms with Crippen LogP contribution in [0.4, 0.5) is 0 Å². The first-order chi connectivity index (χ1) is 11.5. The molecule has 0 aliphatic heterocycles. The van der Waals surface area contributed by atoms with Crippen molar-refractivity contribution in [2.45, 2.75) is 12.3 Å². The maximum Gasteiger partial charge on any atom is 0.325 e. The van der Waals surface area contributed by atoms with Gasteiger partial charge < -0.3 is 9.64 Å². The first-order valence-electron chi connectivity index (χ1n) is 7.63. The first-order valence-corrected chi connectivity index (χ1v) is 8.01. The first kappa shape index (κ1) is 18.0. The number of hydrogen-bond acceptors (Lipinski definition) is 3. The van der Waals surface area contributed by atoms with Crippen LogP contribution in [0.2, 0.25) is 5.02 Å². The molecule has 0 spiro atoms. The minimum atomic E-state index is -0.445. The molecule has 0 aliphatic carbocycles. The summed E-state index contributed by atoms with van der Waals surface area (Å²) < 4.78 is 4.61. The van der Waals surface area contributed by atoms with E-state index in [2.05, 4.69) is 4.74 Å². The molecule has 0 aromatic heterocycles. The predicted molar refractivity (Wildman–Crippen MR) is 94.0 cm³/mol.